The molecule has 1 saturated heterocycles. The van der Waals surface area contributed by atoms with Crippen LogP contribution in [0.1, 0.15) is 13.8 Å². The van der Waals surface area contributed by atoms with Gasteiger partial charge in [0, 0.05) is 25.7 Å². The van der Waals surface area contributed by atoms with Gasteiger partial charge in [0.05, 0.1) is 6.54 Å². The predicted molar refractivity (Wildman–Crippen MR) is 52.3 cm³/mol. The molecule has 0 aliphatic carbocycles. The molecule has 4 heteroatoms. The SMILES string of the molecule is CCN1CCN(CC(N)=O)C(C)C1. The molecule has 0 aromatic rings. The Kier molecular flexibility index (Phi) is 3.69. The molecule has 1 unspecified atom stereocenters. The van der Waals surface area contributed by atoms with Gasteiger partial charge in [-0.25, -0.2) is 0 Å². The summed E-state index contributed by atoms with van der Waals surface area (Å²) in [5.41, 5.74) is 5.16. The van der Waals surface area contributed by atoms with E-state index >= 15 is 0 Å². The van der Waals surface area contributed by atoms with Gasteiger partial charge in [0.25, 0.3) is 0 Å². The zero-order valence-corrected chi connectivity index (χ0v) is 8.49. The van der Waals surface area contributed by atoms with Crippen molar-refractivity contribution >= 4 is 5.91 Å². The molecular formula is C9H19N3O. The summed E-state index contributed by atoms with van der Waals surface area (Å²) < 4.78 is 0. The number of likely N-dealkylation sites (N-methyl/N-ethyl adjacent to an activating group) is 1. The second-order valence-electron chi connectivity index (χ2n) is 3.68. The van der Waals surface area contributed by atoms with Gasteiger partial charge in [0.15, 0.2) is 0 Å². The number of hydrogen-bond acceptors (Lipinski definition) is 3. The van der Waals surface area contributed by atoms with Crippen LogP contribution in [-0.2, 0) is 4.79 Å². The fourth-order valence-electron chi connectivity index (χ4n) is 1.79. The third-order valence-corrected chi connectivity index (χ3v) is 2.66. The van der Waals surface area contributed by atoms with Gasteiger partial charge in [-0.3, -0.25) is 9.69 Å². The van der Waals surface area contributed by atoms with Crippen LogP contribution >= 0.6 is 0 Å². The second-order valence-corrected chi connectivity index (χ2v) is 3.68. The number of amides is 1. The van der Waals surface area contributed by atoms with Gasteiger partial charge < -0.3 is 10.6 Å². The van der Waals surface area contributed by atoms with Crippen molar-refractivity contribution < 1.29 is 4.79 Å². The van der Waals surface area contributed by atoms with E-state index < -0.39 is 0 Å². The van der Waals surface area contributed by atoms with Gasteiger partial charge in [-0.05, 0) is 13.5 Å². The Morgan fingerprint density at radius 2 is 2.23 bits per heavy atom. The van der Waals surface area contributed by atoms with Crippen LogP contribution in [0.3, 0.4) is 0 Å². The molecule has 2 N–H and O–H groups in total. The van der Waals surface area contributed by atoms with Crippen molar-refractivity contribution in [1.82, 2.24) is 9.80 Å². The van der Waals surface area contributed by atoms with Crippen molar-refractivity contribution in [2.75, 3.05) is 32.7 Å². The molecule has 0 radical (unpaired) electrons. The van der Waals surface area contributed by atoms with Gasteiger partial charge in [-0.1, -0.05) is 6.92 Å². The monoisotopic (exact) mass is 185 g/mol. The van der Waals surface area contributed by atoms with Crippen LogP contribution in [0.2, 0.25) is 0 Å². The van der Waals surface area contributed by atoms with E-state index in [0.717, 1.165) is 26.2 Å². The van der Waals surface area contributed by atoms with Crippen LogP contribution in [0.5, 0.6) is 0 Å². The molecule has 1 rings (SSSR count). The van der Waals surface area contributed by atoms with Crippen LogP contribution in [0.15, 0.2) is 0 Å². The summed E-state index contributed by atoms with van der Waals surface area (Å²) in [5, 5.41) is 0. The minimum atomic E-state index is -0.225. The lowest BCUT2D eigenvalue weighted by atomic mass is 10.2. The normalized spacial score (nSPS) is 26.2. The van der Waals surface area contributed by atoms with E-state index in [1.54, 1.807) is 0 Å². The molecule has 0 spiro atoms. The number of nitrogens with two attached hydrogens (primary N) is 1. The highest BCUT2D eigenvalue weighted by molar-refractivity contribution is 5.75. The minimum absolute atomic E-state index is 0.225. The molecule has 0 bridgehead atoms. The molecular weight excluding hydrogens is 166 g/mol. The van der Waals surface area contributed by atoms with Gasteiger partial charge in [0.1, 0.15) is 0 Å². The number of nitrogens with zero attached hydrogens (tertiary/aromatic N) is 2. The summed E-state index contributed by atoms with van der Waals surface area (Å²) in [6.45, 7) is 8.85. The van der Waals surface area contributed by atoms with E-state index in [4.69, 9.17) is 5.73 Å². The van der Waals surface area contributed by atoms with Crippen molar-refractivity contribution in [2.24, 2.45) is 5.73 Å². The number of rotatable bonds is 3. The Labute approximate surface area is 79.7 Å². The smallest absolute Gasteiger partial charge is 0.231 e. The van der Waals surface area contributed by atoms with E-state index in [9.17, 15) is 4.79 Å². The van der Waals surface area contributed by atoms with Crippen LogP contribution in [0.25, 0.3) is 0 Å². The fraction of sp³-hybridized carbons (Fsp3) is 0.889. The van der Waals surface area contributed by atoms with Crippen molar-refractivity contribution in [2.45, 2.75) is 19.9 Å². The van der Waals surface area contributed by atoms with Gasteiger partial charge in [-0.2, -0.15) is 0 Å². The second kappa shape index (κ2) is 4.58. The first-order chi connectivity index (χ1) is 6.13. The van der Waals surface area contributed by atoms with E-state index in [-0.39, 0.29) is 5.91 Å². The topological polar surface area (TPSA) is 49.6 Å². The van der Waals surface area contributed by atoms with Crippen molar-refractivity contribution in [3.05, 3.63) is 0 Å². The molecule has 1 heterocycles. The number of primary amides is 1. The number of carbonyl (C=O) groups is 1. The summed E-state index contributed by atoms with van der Waals surface area (Å²) >= 11 is 0. The molecule has 0 aromatic heterocycles. The van der Waals surface area contributed by atoms with Gasteiger partial charge in [-0.15, -0.1) is 0 Å². The third-order valence-electron chi connectivity index (χ3n) is 2.66. The molecule has 0 aromatic carbocycles. The lowest BCUT2D eigenvalue weighted by molar-refractivity contribution is -0.120. The highest BCUT2D eigenvalue weighted by Crippen LogP contribution is 2.07. The maximum absolute atomic E-state index is 10.7. The lowest BCUT2D eigenvalue weighted by Crippen LogP contribution is -2.53. The minimum Gasteiger partial charge on any atom is -0.369 e. The van der Waals surface area contributed by atoms with Crippen LogP contribution in [0, 0.1) is 0 Å². The maximum atomic E-state index is 10.7. The molecule has 1 atom stereocenters. The summed E-state index contributed by atoms with van der Waals surface area (Å²) in [5.74, 6) is -0.225. The first-order valence-electron chi connectivity index (χ1n) is 4.88. The van der Waals surface area contributed by atoms with Crippen LogP contribution < -0.4 is 5.73 Å². The Morgan fingerprint density at radius 3 is 2.69 bits per heavy atom. The molecule has 1 amide bonds. The summed E-state index contributed by atoms with van der Waals surface area (Å²) in [7, 11) is 0. The highest BCUT2D eigenvalue weighted by atomic mass is 16.1. The Bertz CT molecular complexity index is 184. The Morgan fingerprint density at radius 1 is 1.54 bits per heavy atom. The Balaban J connectivity index is 2.39. The number of carbonyl (C=O) groups excluding carboxylic acids is 1. The molecule has 13 heavy (non-hydrogen) atoms. The van der Waals surface area contributed by atoms with Crippen molar-refractivity contribution in [3.63, 3.8) is 0 Å². The molecule has 0 saturated carbocycles. The van der Waals surface area contributed by atoms with Gasteiger partial charge >= 0.3 is 0 Å². The molecule has 1 aliphatic heterocycles. The van der Waals surface area contributed by atoms with Gasteiger partial charge in [0.2, 0.25) is 5.91 Å². The van der Waals surface area contributed by atoms with E-state index in [1.165, 1.54) is 0 Å². The Hall–Kier alpha value is -0.610. The quantitative estimate of drug-likeness (QED) is 0.645. The third kappa shape index (κ3) is 2.97. The summed E-state index contributed by atoms with van der Waals surface area (Å²) in [4.78, 5) is 15.3. The number of hydrogen-bond donors (Lipinski definition) is 1. The average molecular weight is 185 g/mol. The standard InChI is InChI=1S/C9H19N3O/c1-3-11-4-5-12(7-9(10)13)8(2)6-11/h8H,3-7H2,1-2H3,(H2,10,13). The summed E-state index contributed by atoms with van der Waals surface area (Å²) in [6, 6.07) is 0.446. The largest absolute Gasteiger partial charge is 0.369 e. The number of piperazine rings is 1. The zero-order chi connectivity index (χ0) is 9.84. The molecule has 76 valence electrons. The van der Waals surface area contributed by atoms with E-state index in [2.05, 4.69) is 23.6 Å². The van der Waals surface area contributed by atoms with E-state index in [0.29, 0.717) is 12.6 Å². The van der Waals surface area contributed by atoms with Crippen molar-refractivity contribution in [1.29, 1.82) is 0 Å². The average Bonchev–Trinajstić information content (AvgIpc) is 2.08. The summed E-state index contributed by atoms with van der Waals surface area (Å²) in [6.07, 6.45) is 0. The van der Waals surface area contributed by atoms with Crippen molar-refractivity contribution in [3.8, 4) is 0 Å². The van der Waals surface area contributed by atoms with E-state index in [1.807, 2.05) is 0 Å². The first kappa shape index (κ1) is 10.5. The molecule has 1 fully saturated rings. The highest BCUT2D eigenvalue weighted by Gasteiger charge is 2.23. The fourth-order valence-corrected chi connectivity index (χ4v) is 1.79. The molecule has 4 nitrogen and oxygen atoms in total. The molecule has 1 aliphatic rings. The lowest BCUT2D eigenvalue weighted by Gasteiger charge is -2.38. The zero-order valence-electron chi connectivity index (χ0n) is 8.49. The van der Waals surface area contributed by atoms with Crippen LogP contribution in [-0.4, -0.2) is 54.5 Å². The maximum Gasteiger partial charge on any atom is 0.231 e. The van der Waals surface area contributed by atoms with Crippen LogP contribution in [0.4, 0.5) is 0 Å². The first-order valence-corrected chi connectivity index (χ1v) is 4.88. The predicted octanol–water partition coefficient (Wildman–Crippen LogP) is -0.502.